The molecule has 0 fully saturated rings. The van der Waals surface area contributed by atoms with Crippen LogP contribution in [0, 0.1) is 6.92 Å². The number of anilines is 1. The van der Waals surface area contributed by atoms with Crippen molar-refractivity contribution in [3.63, 3.8) is 0 Å². The lowest BCUT2D eigenvalue weighted by atomic mass is 10.2. The largest absolute Gasteiger partial charge is 0.481 e. The van der Waals surface area contributed by atoms with Crippen LogP contribution in [0.15, 0.2) is 42.7 Å². The van der Waals surface area contributed by atoms with E-state index < -0.39 is 6.10 Å². The summed E-state index contributed by atoms with van der Waals surface area (Å²) in [4.78, 5) is 15.9. The second-order valence-electron chi connectivity index (χ2n) is 4.40. The molecular weight excluding hydrogens is 276 g/mol. The fourth-order valence-electron chi connectivity index (χ4n) is 1.63. The van der Waals surface area contributed by atoms with Gasteiger partial charge in [-0.2, -0.15) is 0 Å². The average molecular weight is 291 g/mol. The molecule has 1 atom stereocenters. The Morgan fingerprint density at radius 2 is 2.20 bits per heavy atom. The Kier molecular flexibility index (Phi) is 4.58. The number of carbonyl (C=O) groups excluding carboxylic acids is 1. The van der Waals surface area contributed by atoms with Crippen molar-refractivity contribution in [1.29, 1.82) is 0 Å². The molecule has 0 saturated carbocycles. The van der Waals surface area contributed by atoms with Crippen molar-refractivity contribution in [3.8, 4) is 5.75 Å². The van der Waals surface area contributed by atoms with Crippen molar-refractivity contribution in [1.82, 2.24) is 4.98 Å². The minimum atomic E-state index is -0.615. The van der Waals surface area contributed by atoms with Crippen molar-refractivity contribution >= 4 is 23.2 Å². The summed E-state index contributed by atoms with van der Waals surface area (Å²) >= 11 is 5.95. The van der Waals surface area contributed by atoms with Crippen molar-refractivity contribution < 1.29 is 9.53 Å². The molecule has 1 aromatic carbocycles. The lowest BCUT2D eigenvalue weighted by molar-refractivity contribution is -0.122. The molecule has 0 aliphatic rings. The first-order valence-corrected chi connectivity index (χ1v) is 6.58. The molecule has 104 valence electrons. The highest BCUT2D eigenvalue weighted by Gasteiger charge is 2.15. The van der Waals surface area contributed by atoms with E-state index >= 15 is 0 Å². The van der Waals surface area contributed by atoms with E-state index in [-0.39, 0.29) is 5.91 Å². The number of halogens is 1. The van der Waals surface area contributed by atoms with E-state index in [2.05, 4.69) is 10.3 Å². The number of carbonyl (C=O) groups is 1. The van der Waals surface area contributed by atoms with E-state index in [1.54, 1.807) is 49.6 Å². The van der Waals surface area contributed by atoms with Crippen molar-refractivity contribution in [3.05, 3.63) is 53.3 Å². The molecule has 0 unspecified atom stereocenters. The number of nitrogens with one attached hydrogen (secondary N) is 1. The Labute approximate surface area is 122 Å². The van der Waals surface area contributed by atoms with Gasteiger partial charge in [-0.25, -0.2) is 0 Å². The zero-order valence-corrected chi connectivity index (χ0v) is 12.0. The number of pyridine rings is 1. The minimum absolute atomic E-state index is 0.231. The zero-order valence-electron chi connectivity index (χ0n) is 11.3. The van der Waals surface area contributed by atoms with Gasteiger partial charge in [0.05, 0.1) is 11.9 Å². The van der Waals surface area contributed by atoms with Gasteiger partial charge in [0, 0.05) is 11.2 Å². The predicted octanol–water partition coefficient (Wildman–Crippen LogP) is 3.45. The van der Waals surface area contributed by atoms with Crippen LogP contribution in [0.4, 0.5) is 5.69 Å². The number of rotatable bonds is 4. The molecular formula is C15H15ClN2O2. The van der Waals surface area contributed by atoms with Crippen LogP contribution in [0.1, 0.15) is 12.5 Å². The summed E-state index contributed by atoms with van der Waals surface area (Å²) in [6.07, 6.45) is 2.61. The Bertz CT molecular complexity index is 602. The molecule has 0 aliphatic carbocycles. The molecule has 4 nitrogen and oxygen atoms in total. The third kappa shape index (κ3) is 3.71. The Morgan fingerprint density at radius 3 is 2.85 bits per heavy atom. The summed E-state index contributed by atoms with van der Waals surface area (Å²) < 4.78 is 5.59. The highest BCUT2D eigenvalue weighted by atomic mass is 35.5. The molecule has 1 heterocycles. The Morgan fingerprint density at radius 1 is 1.40 bits per heavy atom. The average Bonchev–Trinajstić information content (AvgIpc) is 2.44. The van der Waals surface area contributed by atoms with Gasteiger partial charge in [-0.3, -0.25) is 9.78 Å². The lowest BCUT2D eigenvalue weighted by Gasteiger charge is -2.15. The van der Waals surface area contributed by atoms with Crippen molar-refractivity contribution in [2.45, 2.75) is 20.0 Å². The molecule has 20 heavy (non-hydrogen) atoms. The number of amides is 1. The van der Waals surface area contributed by atoms with Gasteiger partial charge in [0.25, 0.3) is 5.91 Å². The fourth-order valence-corrected chi connectivity index (χ4v) is 1.75. The van der Waals surface area contributed by atoms with E-state index in [9.17, 15) is 4.79 Å². The highest BCUT2D eigenvalue weighted by Crippen LogP contribution is 2.22. The SMILES string of the molecule is Cc1cc(O[C@@H](C)C(=O)Nc2cccnc2)ccc1Cl. The second-order valence-corrected chi connectivity index (χ2v) is 4.81. The van der Waals surface area contributed by atoms with Crippen LogP contribution in [0.25, 0.3) is 0 Å². The van der Waals surface area contributed by atoms with Gasteiger partial charge in [0.1, 0.15) is 5.75 Å². The maximum Gasteiger partial charge on any atom is 0.265 e. The van der Waals surface area contributed by atoms with Crippen LogP contribution in [0.2, 0.25) is 5.02 Å². The molecule has 0 spiro atoms. The highest BCUT2D eigenvalue weighted by molar-refractivity contribution is 6.31. The van der Waals surface area contributed by atoms with Gasteiger partial charge >= 0.3 is 0 Å². The molecule has 1 aromatic heterocycles. The molecule has 2 rings (SSSR count). The smallest absolute Gasteiger partial charge is 0.265 e. The van der Waals surface area contributed by atoms with E-state index in [1.165, 1.54) is 0 Å². The van der Waals surface area contributed by atoms with E-state index in [0.29, 0.717) is 16.5 Å². The molecule has 0 saturated heterocycles. The molecule has 2 aromatic rings. The third-order valence-electron chi connectivity index (χ3n) is 2.74. The standard InChI is InChI=1S/C15H15ClN2O2/c1-10-8-13(5-6-14(10)16)20-11(2)15(19)18-12-4-3-7-17-9-12/h3-9,11H,1-2H3,(H,18,19)/t11-/m0/s1. The minimum Gasteiger partial charge on any atom is -0.481 e. The number of hydrogen-bond donors (Lipinski definition) is 1. The van der Waals surface area contributed by atoms with E-state index in [0.717, 1.165) is 5.56 Å². The zero-order chi connectivity index (χ0) is 14.5. The number of ether oxygens (including phenoxy) is 1. The van der Waals surface area contributed by atoms with Crippen molar-refractivity contribution in [2.24, 2.45) is 0 Å². The molecule has 0 radical (unpaired) electrons. The van der Waals surface area contributed by atoms with Crippen LogP contribution < -0.4 is 10.1 Å². The monoisotopic (exact) mass is 290 g/mol. The second kappa shape index (κ2) is 6.39. The molecule has 0 bridgehead atoms. The van der Waals surface area contributed by atoms with Gasteiger partial charge in [-0.05, 0) is 49.7 Å². The van der Waals surface area contributed by atoms with Crippen LogP contribution in [0.3, 0.4) is 0 Å². The topological polar surface area (TPSA) is 51.2 Å². The first-order chi connectivity index (χ1) is 9.56. The number of aryl methyl sites for hydroxylation is 1. The summed E-state index contributed by atoms with van der Waals surface area (Å²) in [6, 6.07) is 8.81. The number of hydrogen-bond acceptors (Lipinski definition) is 3. The lowest BCUT2D eigenvalue weighted by Crippen LogP contribution is -2.30. The molecule has 5 heteroatoms. The maximum atomic E-state index is 12.0. The fraction of sp³-hybridized carbons (Fsp3) is 0.200. The van der Waals surface area contributed by atoms with Crippen LogP contribution in [-0.2, 0) is 4.79 Å². The van der Waals surface area contributed by atoms with Gasteiger partial charge in [-0.1, -0.05) is 11.6 Å². The van der Waals surface area contributed by atoms with Crippen LogP contribution in [-0.4, -0.2) is 17.0 Å². The van der Waals surface area contributed by atoms with Gasteiger partial charge in [0.2, 0.25) is 0 Å². The summed E-state index contributed by atoms with van der Waals surface area (Å²) in [5.41, 5.74) is 1.55. The van der Waals surface area contributed by atoms with E-state index in [1.807, 2.05) is 6.92 Å². The summed E-state index contributed by atoms with van der Waals surface area (Å²) in [5.74, 6) is 0.381. The molecule has 1 amide bonds. The van der Waals surface area contributed by atoms with Gasteiger partial charge in [0.15, 0.2) is 6.10 Å². The Balaban J connectivity index is 1.98. The number of aromatic nitrogens is 1. The number of benzene rings is 1. The predicted molar refractivity (Wildman–Crippen MR) is 79.1 cm³/mol. The first-order valence-electron chi connectivity index (χ1n) is 6.20. The molecule has 1 N–H and O–H groups in total. The summed E-state index contributed by atoms with van der Waals surface area (Å²) in [6.45, 7) is 3.57. The van der Waals surface area contributed by atoms with E-state index in [4.69, 9.17) is 16.3 Å². The normalized spacial score (nSPS) is 11.8. The van der Waals surface area contributed by atoms with Crippen molar-refractivity contribution in [2.75, 3.05) is 5.32 Å². The quantitative estimate of drug-likeness (QED) is 0.938. The number of nitrogens with zero attached hydrogens (tertiary/aromatic N) is 1. The maximum absolute atomic E-state index is 12.0. The third-order valence-corrected chi connectivity index (χ3v) is 3.16. The Hall–Kier alpha value is -2.07. The van der Waals surface area contributed by atoms with Gasteiger partial charge in [-0.15, -0.1) is 0 Å². The molecule has 0 aliphatic heterocycles. The summed E-state index contributed by atoms with van der Waals surface area (Å²) in [5, 5.41) is 3.41. The summed E-state index contributed by atoms with van der Waals surface area (Å²) in [7, 11) is 0. The van der Waals surface area contributed by atoms with Gasteiger partial charge < -0.3 is 10.1 Å². The van der Waals surface area contributed by atoms with Crippen LogP contribution in [0.5, 0.6) is 5.75 Å². The first kappa shape index (κ1) is 14.3. The van der Waals surface area contributed by atoms with Crippen LogP contribution >= 0.6 is 11.6 Å².